The first-order valence-corrected chi connectivity index (χ1v) is 5.72. The van der Waals surface area contributed by atoms with Crippen LogP contribution < -0.4 is 5.32 Å². The Hall–Kier alpha value is -0.290. The second-order valence-electron chi connectivity index (χ2n) is 4.27. The molecule has 0 amide bonds. The lowest BCUT2D eigenvalue weighted by atomic mass is 9.93. The molecule has 5 heteroatoms. The summed E-state index contributed by atoms with van der Waals surface area (Å²) in [6.45, 7) is 6.91. The zero-order chi connectivity index (χ0) is 12.6. The number of ether oxygens (including phenoxy) is 1. The molecule has 1 unspecified atom stereocenters. The van der Waals surface area contributed by atoms with E-state index in [2.05, 4.69) is 23.9 Å². The van der Waals surface area contributed by atoms with Crippen molar-refractivity contribution in [3.63, 3.8) is 0 Å². The minimum atomic E-state index is -4.21. The van der Waals surface area contributed by atoms with E-state index in [1.807, 2.05) is 6.92 Å². The molecular weight excluding hydrogens is 219 g/mol. The van der Waals surface area contributed by atoms with Crippen LogP contribution in [-0.2, 0) is 4.74 Å². The predicted molar refractivity (Wildman–Crippen MR) is 58.4 cm³/mol. The molecule has 2 nitrogen and oxygen atoms in total. The highest BCUT2D eigenvalue weighted by molar-refractivity contribution is 4.65. The summed E-state index contributed by atoms with van der Waals surface area (Å²) in [4.78, 5) is 0. The summed E-state index contributed by atoms with van der Waals surface area (Å²) in [5.74, 6) is 0.821. The molecule has 0 aromatic rings. The fourth-order valence-corrected chi connectivity index (χ4v) is 1.42. The van der Waals surface area contributed by atoms with Crippen LogP contribution in [-0.4, -0.2) is 32.5 Å². The van der Waals surface area contributed by atoms with Gasteiger partial charge in [-0.2, -0.15) is 13.2 Å². The van der Waals surface area contributed by atoms with E-state index in [1.165, 1.54) is 0 Å². The molecular formula is C11H22F3NO. The van der Waals surface area contributed by atoms with Crippen LogP contribution in [0, 0.1) is 11.8 Å². The quantitative estimate of drug-likeness (QED) is 0.660. The maximum Gasteiger partial charge on any atom is 0.411 e. The molecule has 1 N–H and O–H groups in total. The first-order valence-electron chi connectivity index (χ1n) is 5.72. The Morgan fingerprint density at radius 1 is 1.25 bits per heavy atom. The van der Waals surface area contributed by atoms with Crippen molar-refractivity contribution in [2.45, 2.75) is 33.4 Å². The monoisotopic (exact) mass is 241 g/mol. The lowest BCUT2D eigenvalue weighted by Gasteiger charge is -2.21. The van der Waals surface area contributed by atoms with Gasteiger partial charge in [0.15, 0.2) is 0 Å². The Morgan fingerprint density at radius 3 is 2.31 bits per heavy atom. The molecule has 0 fully saturated rings. The number of nitrogens with one attached hydrogen (secondary N) is 1. The van der Waals surface area contributed by atoms with Gasteiger partial charge in [0.1, 0.15) is 6.61 Å². The van der Waals surface area contributed by atoms with Crippen molar-refractivity contribution in [1.82, 2.24) is 5.32 Å². The Kier molecular flexibility index (Phi) is 7.76. The molecule has 0 heterocycles. The molecule has 1 atom stereocenters. The summed E-state index contributed by atoms with van der Waals surface area (Å²) < 4.78 is 40.0. The van der Waals surface area contributed by atoms with E-state index in [4.69, 9.17) is 0 Å². The molecule has 0 spiro atoms. The van der Waals surface area contributed by atoms with Crippen LogP contribution in [0.4, 0.5) is 13.2 Å². The molecule has 0 radical (unpaired) electrons. The van der Waals surface area contributed by atoms with Crippen molar-refractivity contribution in [3.8, 4) is 0 Å². The minimum Gasteiger partial charge on any atom is -0.372 e. The van der Waals surface area contributed by atoms with Gasteiger partial charge in [0, 0.05) is 6.61 Å². The molecule has 0 aliphatic carbocycles. The number of rotatable bonds is 8. The van der Waals surface area contributed by atoms with E-state index in [0.717, 1.165) is 13.1 Å². The van der Waals surface area contributed by atoms with E-state index in [-0.39, 0.29) is 6.61 Å². The molecule has 16 heavy (non-hydrogen) atoms. The van der Waals surface area contributed by atoms with E-state index < -0.39 is 12.8 Å². The first kappa shape index (κ1) is 15.7. The van der Waals surface area contributed by atoms with Crippen LogP contribution in [0.5, 0.6) is 0 Å². The lowest BCUT2D eigenvalue weighted by molar-refractivity contribution is -0.174. The van der Waals surface area contributed by atoms with Gasteiger partial charge in [0.2, 0.25) is 0 Å². The van der Waals surface area contributed by atoms with E-state index in [1.54, 1.807) is 0 Å². The van der Waals surface area contributed by atoms with Gasteiger partial charge < -0.3 is 10.1 Å². The second kappa shape index (κ2) is 7.90. The smallest absolute Gasteiger partial charge is 0.372 e. The zero-order valence-electron chi connectivity index (χ0n) is 10.2. The van der Waals surface area contributed by atoms with Crippen molar-refractivity contribution in [1.29, 1.82) is 0 Å². The Morgan fingerprint density at radius 2 is 1.88 bits per heavy atom. The van der Waals surface area contributed by atoms with Crippen molar-refractivity contribution < 1.29 is 17.9 Å². The molecule has 0 saturated carbocycles. The van der Waals surface area contributed by atoms with E-state index >= 15 is 0 Å². The minimum absolute atomic E-state index is 0.174. The van der Waals surface area contributed by atoms with Gasteiger partial charge in [-0.15, -0.1) is 0 Å². The summed E-state index contributed by atoms with van der Waals surface area (Å²) in [6, 6.07) is 0. The summed E-state index contributed by atoms with van der Waals surface area (Å²) in [5, 5.41) is 3.21. The van der Waals surface area contributed by atoms with Crippen LogP contribution in [0.25, 0.3) is 0 Å². The van der Waals surface area contributed by atoms with Crippen molar-refractivity contribution >= 4 is 0 Å². The molecule has 0 aliphatic rings. The normalized spacial score (nSPS) is 14.4. The molecule has 0 rings (SSSR count). The van der Waals surface area contributed by atoms with E-state index in [9.17, 15) is 13.2 Å². The average molecular weight is 241 g/mol. The van der Waals surface area contributed by atoms with Gasteiger partial charge in [-0.25, -0.2) is 0 Å². The third kappa shape index (κ3) is 8.97. The topological polar surface area (TPSA) is 21.3 Å². The largest absolute Gasteiger partial charge is 0.411 e. The van der Waals surface area contributed by atoms with Gasteiger partial charge >= 0.3 is 6.18 Å². The van der Waals surface area contributed by atoms with Gasteiger partial charge in [-0.1, -0.05) is 20.8 Å². The summed E-state index contributed by atoms with van der Waals surface area (Å²) >= 11 is 0. The van der Waals surface area contributed by atoms with Gasteiger partial charge in [-0.3, -0.25) is 0 Å². The van der Waals surface area contributed by atoms with Crippen LogP contribution in [0.3, 0.4) is 0 Å². The van der Waals surface area contributed by atoms with Gasteiger partial charge in [0.25, 0.3) is 0 Å². The highest BCUT2D eigenvalue weighted by Gasteiger charge is 2.27. The molecule has 0 bridgehead atoms. The molecule has 0 saturated heterocycles. The maximum atomic E-state index is 11.8. The average Bonchev–Trinajstić information content (AvgIpc) is 2.14. The maximum absolute atomic E-state index is 11.8. The van der Waals surface area contributed by atoms with Crippen LogP contribution in [0.2, 0.25) is 0 Å². The van der Waals surface area contributed by atoms with Gasteiger partial charge in [-0.05, 0) is 31.3 Å². The SMILES string of the molecule is CCNCC(CCOCC(F)(F)F)C(C)C. The third-order valence-corrected chi connectivity index (χ3v) is 2.50. The summed E-state index contributed by atoms with van der Waals surface area (Å²) in [6.07, 6.45) is -3.55. The molecule has 0 aromatic heterocycles. The number of halogens is 3. The summed E-state index contributed by atoms with van der Waals surface area (Å²) in [5.41, 5.74) is 0. The zero-order valence-corrected chi connectivity index (χ0v) is 10.2. The van der Waals surface area contributed by atoms with Crippen molar-refractivity contribution in [2.24, 2.45) is 11.8 Å². The standard InChI is InChI=1S/C11H22F3NO/c1-4-15-7-10(9(2)3)5-6-16-8-11(12,13)14/h9-10,15H,4-8H2,1-3H3. The fraction of sp³-hybridized carbons (Fsp3) is 1.00. The highest BCUT2D eigenvalue weighted by Crippen LogP contribution is 2.17. The molecule has 0 aromatic carbocycles. The Bertz CT molecular complexity index is 171. The van der Waals surface area contributed by atoms with Gasteiger partial charge in [0.05, 0.1) is 0 Å². The summed E-state index contributed by atoms with van der Waals surface area (Å²) in [7, 11) is 0. The molecule has 0 aliphatic heterocycles. The molecule has 98 valence electrons. The first-order chi connectivity index (χ1) is 7.37. The fourth-order valence-electron chi connectivity index (χ4n) is 1.42. The third-order valence-electron chi connectivity index (χ3n) is 2.50. The Balaban J connectivity index is 3.68. The van der Waals surface area contributed by atoms with Crippen LogP contribution in [0.1, 0.15) is 27.2 Å². The highest BCUT2D eigenvalue weighted by atomic mass is 19.4. The van der Waals surface area contributed by atoms with Crippen LogP contribution in [0.15, 0.2) is 0 Å². The number of hydrogen-bond donors (Lipinski definition) is 1. The van der Waals surface area contributed by atoms with Crippen molar-refractivity contribution in [2.75, 3.05) is 26.3 Å². The number of alkyl halides is 3. The van der Waals surface area contributed by atoms with E-state index in [0.29, 0.717) is 18.3 Å². The lowest BCUT2D eigenvalue weighted by Crippen LogP contribution is -2.27. The van der Waals surface area contributed by atoms with Crippen LogP contribution >= 0.6 is 0 Å². The second-order valence-corrected chi connectivity index (χ2v) is 4.27. The number of hydrogen-bond acceptors (Lipinski definition) is 2. The van der Waals surface area contributed by atoms with Crippen molar-refractivity contribution in [3.05, 3.63) is 0 Å². The Labute approximate surface area is 95.5 Å². The predicted octanol–water partition coefficient (Wildman–Crippen LogP) is 2.84.